The van der Waals surface area contributed by atoms with E-state index in [0.717, 1.165) is 35.7 Å². The number of aromatic nitrogens is 3. The average Bonchev–Trinajstić information content (AvgIpc) is 2.88. The predicted molar refractivity (Wildman–Crippen MR) is 106 cm³/mol. The number of nitrogens with one attached hydrogen (secondary N) is 1. The highest BCUT2D eigenvalue weighted by atomic mass is 127. The first kappa shape index (κ1) is 20.2. The molecule has 0 radical (unpaired) electrons. The zero-order valence-corrected chi connectivity index (χ0v) is 16.7. The molecule has 0 spiro atoms. The van der Waals surface area contributed by atoms with Crippen LogP contribution in [0.5, 0.6) is 5.88 Å². The Hall–Kier alpha value is -1.84. The molecule has 0 saturated heterocycles. The molecule has 7 nitrogen and oxygen atoms in total. The van der Waals surface area contributed by atoms with E-state index in [1.807, 2.05) is 25.2 Å². The number of nitrogens with two attached hydrogens (primary N) is 1. The van der Waals surface area contributed by atoms with Crippen LogP contribution < -0.4 is 15.8 Å². The highest BCUT2D eigenvalue weighted by Gasteiger charge is 2.15. The van der Waals surface area contributed by atoms with E-state index in [2.05, 4.69) is 27.3 Å². The predicted octanol–water partition coefficient (Wildman–Crippen LogP) is 1.65. The van der Waals surface area contributed by atoms with E-state index in [1.165, 1.54) is 0 Å². The quantitative estimate of drug-likeness (QED) is 0.385. The molecule has 3 N–H and O–H groups in total. The van der Waals surface area contributed by atoms with Crippen LogP contribution in [0.2, 0.25) is 0 Å². The lowest BCUT2D eigenvalue weighted by atomic mass is 10.2. The van der Waals surface area contributed by atoms with Crippen LogP contribution in [-0.2, 0) is 26.4 Å². The number of ether oxygens (including phenoxy) is 1. The van der Waals surface area contributed by atoms with E-state index in [0.29, 0.717) is 19.0 Å². The lowest BCUT2D eigenvalue weighted by Crippen LogP contribution is -2.33. The van der Waals surface area contributed by atoms with Gasteiger partial charge in [-0.1, -0.05) is 13.0 Å². The largest absolute Gasteiger partial charge is 0.481 e. The molecule has 2 rings (SSSR count). The number of rotatable bonds is 7. The maximum Gasteiger partial charge on any atom is 0.216 e. The van der Waals surface area contributed by atoms with Gasteiger partial charge in [-0.15, -0.1) is 24.0 Å². The Kier molecular flexibility index (Phi) is 8.51. The number of hydrogen-bond donors (Lipinski definition) is 2. The summed E-state index contributed by atoms with van der Waals surface area (Å²) >= 11 is 0. The second-order valence-corrected chi connectivity index (χ2v) is 5.11. The molecule has 2 aromatic heterocycles. The molecule has 0 unspecified atom stereocenters. The van der Waals surface area contributed by atoms with Crippen molar-refractivity contribution < 1.29 is 4.74 Å². The van der Waals surface area contributed by atoms with E-state index >= 15 is 0 Å². The minimum absolute atomic E-state index is 0. The molecule has 0 aliphatic rings. The van der Waals surface area contributed by atoms with Gasteiger partial charge in [0.05, 0.1) is 24.9 Å². The summed E-state index contributed by atoms with van der Waals surface area (Å²) in [6, 6.07) is 5.86. The molecule has 132 valence electrons. The van der Waals surface area contributed by atoms with Gasteiger partial charge in [0.1, 0.15) is 0 Å². The van der Waals surface area contributed by atoms with Gasteiger partial charge in [0.2, 0.25) is 5.88 Å². The van der Waals surface area contributed by atoms with E-state index < -0.39 is 0 Å². The fourth-order valence-electron chi connectivity index (χ4n) is 2.39. The van der Waals surface area contributed by atoms with Crippen LogP contribution in [0.1, 0.15) is 23.9 Å². The van der Waals surface area contributed by atoms with Gasteiger partial charge in [-0.3, -0.25) is 4.98 Å². The highest BCUT2D eigenvalue weighted by molar-refractivity contribution is 14.0. The molecule has 0 aromatic carbocycles. The van der Waals surface area contributed by atoms with E-state index in [-0.39, 0.29) is 24.0 Å². The number of guanidine groups is 1. The Morgan fingerprint density at radius 3 is 2.83 bits per heavy atom. The lowest BCUT2D eigenvalue weighted by Gasteiger charge is -2.06. The summed E-state index contributed by atoms with van der Waals surface area (Å²) in [7, 11) is 3.50. The normalized spacial score (nSPS) is 11.0. The van der Waals surface area contributed by atoms with Gasteiger partial charge in [0.15, 0.2) is 5.96 Å². The first-order chi connectivity index (χ1) is 11.2. The maximum atomic E-state index is 5.93. The van der Waals surface area contributed by atoms with Crippen molar-refractivity contribution in [1.82, 2.24) is 20.1 Å². The number of methoxy groups -OCH3 is 1. The smallest absolute Gasteiger partial charge is 0.216 e. The SMILES string of the molecule is CCc1nn(C)c(OC)c1CN=C(N)NCCc1ccccn1.I. The van der Waals surface area contributed by atoms with Crippen molar-refractivity contribution in [3.05, 3.63) is 41.3 Å². The minimum atomic E-state index is 0. The molecule has 0 atom stereocenters. The van der Waals surface area contributed by atoms with Crippen molar-refractivity contribution >= 4 is 29.9 Å². The highest BCUT2D eigenvalue weighted by Crippen LogP contribution is 2.22. The van der Waals surface area contributed by atoms with Gasteiger partial charge in [0.25, 0.3) is 0 Å². The maximum absolute atomic E-state index is 5.93. The van der Waals surface area contributed by atoms with Crippen molar-refractivity contribution in [2.45, 2.75) is 26.3 Å². The number of aliphatic imine (C=N–C) groups is 1. The van der Waals surface area contributed by atoms with Gasteiger partial charge in [0, 0.05) is 31.9 Å². The van der Waals surface area contributed by atoms with Gasteiger partial charge >= 0.3 is 0 Å². The third-order valence-electron chi connectivity index (χ3n) is 3.52. The summed E-state index contributed by atoms with van der Waals surface area (Å²) in [6.07, 6.45) is 3.41. The summed E-state index contributed by atoms with van der Waals surface area (Å²) in [5, 5.41) is 7.54. The van der Waals surface area contributed by atoms with Crippen molar-refractivity contribution in [2.75, 3.05) is 13.7 Å². The molecule has 0 amide bonds. The average molecular weight is 444 g/mol. The fourth-order valence-corrected chi connectivity index (χ4v) is 2.39. The summed E-state index contributed by atoms with van der Waals surface area (Å²) in [5.74, 6) is 1.14. The molecule has 2 aromatic rings. The Labute approximate surface area is 159 Å². The van der Waals surface area contributed by atoms with Gasteiger partial charge in [-0.2, -0.15) is 5.10 Å². The van der Waals surface area contributed by atoms with Crippen LogP contribution in [0.15, 0.2) is 29.4 Å². The zero-order valence-electron chi connectivity index (χ0n) is 14.3. The van der Waals surface area contributed by atoms with Crippen LogP contribution in [0, 0.1) is 0 Å². The molecule has 0 aliphatic heterocycles. The van der Waals surface area contributed by atoms with Crippen molar-refractivity contribution in [1.29, 1.82) is 0 Å². The van der Waals surface area contributed by atoms with Crippen LogP contribution in [-0.4, -0.2) is 34.4 Å². The summed E-state index contributed by atoms with van der Waals surface area (Å²) in [4.78, 5) is 8.65. The number of pyridine rings is 1. The number of aryl methyl sites for hydroxylation is 2. The molecule has 0 bridgehead atoms. The van der Waals surface area contributed by atoms with Crippen molar-refractivity contribution in [3.8, 4) is 5.88 Å². The fraction of sp³-hybridized carbons (Fsp3) is 0.438. The molecule has 0 fully saturated rings. The monoisotopic (exact) mass is 444 g/mol. The van der Waals surface area contributed by atoms with Crippen molar-refractivity contribution in [3.63, 3.8) is 0 Å². The van der Waals surface area contributed by atoms with Crippen LogP contribution in [0.3, 0.4) is 0 Å². The Balaban J connectivity index is 0.00000288. The molecular weight excluding hydrogens is 419 g/mol. The molecule has 2 heterocycles. The van der Waals surface area contributed by atoms with Crippen LogP contribution in [0.4, 0.5) is 0 Å². The molecular formula is C16H25IN6O. The molecule has 0 aliphatic carbocycles. The Bertz CT molecular complexity index is 656. The summed E-state index contributed by atoms with van der Waals surface area (Å²) < 4.78 is 7.12. The van der Waals surface area contributed by atoms with Gasteiger partial charge in [-0.05, 0) is 18.6 Å². The van der Waals surface area contributed by atoms with E-state index in [1.54, 1.807) is 18.0 Å². The number of halogens is 1. The third-order valence-corrected chi connectivity index (χ3v) is 3.52. The molecule has 24 heavy (non-hydrogen) atoms. The van der Waals surface area contributed by atoms with Crippen molar-refractivity contribution in [2.24, 2.45) is 17.8 Å². The Morgan fingerprint density at radius 1 is 1.42 bits per heavy atom. The summed E-state index contributed by atoms with van der Waals surface area (Å²) in [6.45, 7) is 3.20. The first-order valence-electron chi connectivity index (χ1n) is 7.68. The zero-order chi connectivity index (χ0) is 16.7. The first-order valence-corrected chi connectivity index (χ1v) is 7.68. The molecule has 0 saturated carbocycles. The lowest BCUT2D eigenvalue weighted by molar-refractivity contribution is 0.369. The standard InChI is InChI=1S/C16H24N6O.HI/c1-4-14-13(15(23-3)22(2)21-14)11-20-16(17)19-10-8-12-7-5-6-9-18-12;/h5-7,9H,4,8,10-11H2,1-3H3,(H3,17,19,20);1H. The van der Waals surface area contributed by atoms with Crippen LogP contribution >= 0.6 is 24.0 Å². The minimum Gasteiger partial charge on any atom is -0.481 e. The van der Waals surface area contributed by atoms with E-state index in [4.69, 9.17) is 10.5 Å². The number of nitrogens with zero attached hydrogens (tertiary/aromatic N) is 4. The van der Waals surface area contributed by atoms with Gasteiger partial charge in [-0.25, -0.2) is 9.67 Å². The number of hydrogen-bond acceptors (Lipinski definition) is 4. The summed E-state index contributed by atoms with van der Waals surface area (Å²) in [5.41, 5.74) is 8.91. The second-order valence-electron chi connectivity index (χ2n) is 5.11. The van der Waals surface area contributed by atoms with Crippen LogP contribution in [0.25, 0.3) is 0 Å². The molecule has 8 heteroatoms. The Morgan fingerprint density at radius 2 is 2.21 bits per heavy atom. The topological polar surface area (TPSA) is 90.3 Å². The van der Waals surface area contributed by atoms with Gasteiger partial charge < -0.3 is 15.8 Å². The van der Waals surface area contributed by atoms with E-state index in [9.17, 15) is 0 Å². The second kappa shape index (κ2) is 10.1. The third kappa shape index (κ3) is 5.36.